The van der Waals surface area contributed by atoms with E-state index in [1.165, 1.54) is 28.5 Å². The van der Waals surface area contributed by atoms with Crippen LogP contribution in [0.1, 0.15) is 19.3 Å². The Morgan fingerprint density at radius 3 is 2.90 bits per heavy atom. The number of thiazole rings is 1. The molecule has 4 heterocycles. The molecular weight excluding hydrogens is 418 g/mol. The van der Waals surface area contributed by atoms with Crippen molar-refractivity contribution >= 4 is 44.1 Å². The van der Waals surface area contributed by atoms with E-state index >= 15 is 0 Å². The standard InChI is InChI=1S/C20H21N7O3S/c1-30-14-7-5-6-13(10-14)22-15(28)11-27-20(29)26-12-21-17-16(18(26)24-27)31-19(23-17)25-8-3-2-4-9-25/h5-7,10,12H,2-4,8-9,11H2,1H3,(H,22,28). The van der Waals surface area contributed by atoms with Gasteiger partial charge in [0.1, 0.15) is 23.3 Å². The molecule has 0 bridgehead atoms. The molecule has 4 aromatic rings. The van der Waals surface area contributed by atoms with Gasteiger partial charge in [0.15, 0.2) is 16.4 Å². The second-order valence-electron chi connectivity index (χ2n) is 7.36. The number of ether oxygens (including phenoxy) is 1. The maximum Gasteiger partial charge on any atom is 0.352 e. The fraction of sp³-hybridized carbons (Fsp3) is 0.350. The zero-order valence-electron chi connectivity index (χ0n) is 16.9. The maximum atomic E-state index is 12.8. The third-order valence-electron chi connectivity index (χ3n) is 5.24. The van der Waals surface area contributed by atoms with Crippen molar-refractivity contribution in [1.29, 1.82) is 0 Å². The Labute approximate surface area is 181 Å². The van der Waals surface area contributed by atoms with Gasteiger partial charge in [0.05, 0.1) is 7.11 Å². The van der Waals surface area contributed by atoms with Crippen LogP contribution in [0.3, 0.4) is 0 Å². The molecule has 0 radical (unpaired) electrons. The molecule has 0 unspecified atom stereocenters. The van der Waals surface area contributed by atoms with Crippen LogP contribution in [0.5, 0.6) is 5.75 Å². The molecule has 1 saturated heterocycles. The minimum atomic E-state index is -0.418. The van der Waals surface area contributed by atoms with Crippen molar-refractivity contribution in [3.63, 3.8) is 0 Å². The molecule has 5 rings (SSSR count). The van der Waals surface area contributed by atoms with Crippen LogP contribution < -0.4 is 20.6 Å². The maximum absolute atomic E-state index is 12.8. The first-order valence-corrected chi connectivity index (χ1v) is 10.9. The third kappa shape index (κ3) is 3.72. The van der Waals surface area contributed by atoms with Crippen LogP contribution in [-0.4, -0.2) is 50.3 Å². The number of fused-ring (bicyclic) bond motifs is 3. The fourth-order valence-electron chi connectivity index (χ4n) is 3.69. The highest BCUT2D eigenvalue weighted by molar-refractivity contribution is 7.22. The number of methoxy groups -OCH3 is 1. The van der Waals surface area contributed by atoms with Gasteiger partial charge in [-0.1, -0.05) is 17.4 Å². The summed E-state index contributed by atoms with van der Waals surface area (Å²) in [6.45, 7) is 1.74. The SMILES string of the molecule is COc1cccc(NC(=O)Cn2nc3c4sc(N5CCCCC5)nc4ncn3c2=O)c1. The van der Waals surface area contributed by atoms with E-state index in [0.717, 1.165) is 40.4 Å². The average Bonchev–Trinajstić information content (AvgIpc) is 3.36. The van der Waals surface area contributed by atoms with Gasteiger partial charge in [0, 0.05) is 24.8 Å². The predicted molar refractivity (Wildman–Crippen MR) is 118 cm³/mol. The quantitative estimate of drug-likeness (QED) is 0.508. The van der Waals surface area contributed by atoms with E-state index in [-0.39, 0.29) is 12.5 Å². The van der Waals surface area contributed by atoms with E-state index in [9.17, 15) is 9.59 Å². The van der Waals surface area contributed by atoms with Crippen molar-refractivity contribution < 1.29 is 9.53 Å². The third-order valence-corrected chi connectivity index (χ3v) is 6.34. The summed E-state index contributed by atoms with van der Waals surface area (Å²) in [7, 11) is 1.56. The van der Waals surface area contributed by atoms with Gasteiger partial charge < -0.3 is 15.0 Å². The Bertz CT molecular complexity index is 1320. The van der Waals surface area contributed by atoms with E-state index in [0.29, 0.717) is 22.7 Å². The number of carbonyl (C=O) groups excluding carboxylic acids is 1. The first-order chi connectivity index (χ1) is 15.1. The van der Waals surface area contributed by atoms with Gasteiger partial charge in [0.25, 0.3) is 0 Å². The van der Waals surface area contributed by atoms with Crippen molar-refractivity contribution in [2.45, 2.75) is 25.8 Å². The van der Waals surface area contributed by atoms with Gasteiger partial charge >= 0.3 is 5.69 Å². The van der Waals surface area contributed by atoms with Gasteiger partial charge in [-0.3, -0.25) is 4.79 Å². The van der Waals surface area contributed by atoms with E-state index in [1.54, 1.807) is 31.4 Å². The molecule has 0 spiro atoms. The molecule has 10 nitrogen and oxygen atoms in total. The zero-order chi connectivity index (χ0) is 21.4. The zero-order valence-corrected chi connectivity index (χ0v) is 17.8. The molecule has 0 atom stereocenters. The largest absolute Gasteiger partial charge is 0.497 e. The Morgan fingerprint density at radius 1 is 1.26 bits per heavy atom. The van der Waals surface area contributed by atoms with Gasteiger partial charge in [-0.2, -0.15) is 4.98 Å². The van der Waals surface area contributed by atoms with E-state index < -0.39 is 5.69 Å². The number of benzene rings is 1. The molecule has 3 aromatic heterocycles. The highest BCUT2D eigenvalue weighted by atomic mass is 32.1. The van der Waals surface area contributed by atoms with Crippen molar-refractivity contribution in [2.24, 2.45) is 0 Å². The molecule has 1 fully saturated rings. The van der Waals surface area contributed by atoms with Crippen LogP contribution >= 0.6 is 11.3 Å². The van der Waals surface area contributed by atoms with Gasteiger partial charge in [-0.15, -0.1) is 5.10 Å². The monoisotopic (exact) mass is 439 g/mol. The summed E-state index contributed by atoms with van der Waals surface area (Å²) in [6, 6.07) is 7.02. The number of piperidine rings is 1. The predicted octanol–water partition coefficient (Wildman–Crippen LogP) is 2.14. The molecule has 1 aromatic carbocycles. The van der Waals surface area contributed by atoms with E-state index in [1.807, 2.05) is 0 Å². The lowest BCUT2D eigenvalue weighted by Crippen LogP contribution is -2.29. The Balaban J connectivity index is 1.43. The van der Waals surface area contributed by atoms with Crippen LogP contribution in [0.25, 0.3) is 16.0 Å². The Kier molecular flexibility index (Phi) is 5.02. The number of aromatic nitrogens is 5. The summed E-state index contributed by atoms with van der Waals surface area (Å²) in [4.78, 5) is 36.5. The second kappa shape index (κ2) is 7.99. The molecular formula is C20H21N7O3S. The van der Waals surface area contributed by atoms with Crippen LogP contribution in [0.4, 0.5) is 10.8 Å². The summed E-state index contributed by atoms with van der Waals surface area (Å²) in [6.07, 6.45) is 4.95. The van der Waals surface area contributed by atoms with Crippen molar-refractivity contribution in [3.05, 3.63) is 41.1 Å². The van der Waals surface area contributed by atoms with Crippen molar-refractivity contribution in [2.75, 3.05) is 30.4 Å². The number of carbonyl (C=O) groups is 1. The minimum Gasteiger partial charge on any atom is -0.497 e. The molecule has 1 amide bonds. The van der Waals surface area contributed by atoms with Crippen LogP contribution in [0.2, 0.25) is 0 Å². The highest BCUT2D eigenvalue weighted by Crippen LogP contribution is 2.31. The van der Waals surface area contributed by atoms with Crippen molar-refractivity contribution in [1.82, 2.24) is 24.1 Å². The molecule has 31 heavy (non-hydrogen) atoms. The van der Waals surface area contributed by atoms with Crippen LogP contribution in [-0.2, 0) is 11.3 Å². The highest BCUT2D eigenvalue weighted by Gasteiger charge is 2.20. The molecule has 1 aliphatic rings. The Hall–Kier alpha value is -3.47. The number of rotatable bonds is 5. The van der Waals surface area contributed by atoms with Gasteiger partial charge in [-0.05, 0) is 31.4 Å². The smallest absolute Gasteiger partial charge is 0.352 e. The fourth-order valence-corrected chi connectivity index (χ4v) is 4.73. The average molecular weight is 440 g/mol. The second-order valence-corrected chi connectivity index (χ2v) is 8.33. The molecule has 11 heteroatoms. The van der Waals surface area contributed by atoms with E-state index in [4.69, 9.17) is 4.74 Å². The number of nitrogens with one attached hydrogen (secondary N) is 1. The summed E-state index contributed by atoms with van der Waals surface area (Å²) in [5, 5.41) is 8.07. The minimum absolute atomic E-state index is 0.211. The summed E-state index contributed by atoms with van der Waals surface area (Å²) < 4.78 is 8.41. The lowest BCUT2D eigenvalue weighted by atomic mass is 10.1. The lowest BCUT2D eigenvalue weighted by molar-refractivity contribution is -0.117. The first-order valence-electron chi connectivity index (χ1n) is 10.1. The van der Waals surface area contributed by atoms with Crippen molar-refractivity contribution in [3.8, 4) is 5.75 Å². The molecule has 0 saturated carbocycles. The summed E-state index contributed by atoms with van der Waals surface area (Å²) in [5.74, 6) is 0.271. The number of nitrogens with zero attached hydrogens (tertiary/aromatic N) is 6. The number of hydrogen-bond acceptors (Lipinski definition) is 8. The molecule has 1 aliphatic heterocycles. The van der Waals surface area contributed by atoms with Crippen LogP contribution in [0.15, 0.2) is 35.4 Å². The molecule has 160 valence electrons. The van der Waals surface area contributed by atoms with E-state index in [2.05, 4.69) is 25.3 Å². The topological polar surface area (TPSA) is 107 Å². The lowest BCUT2D eigenvalue weighted by Gasteiger charge is -2.25. The Morgan fingerprint density at radius 2 is 2.10 bits per heavy atom. The van der Waals surface area contributed by atoms with Crippen LogP contribution in [0, 0.1) is 0 Å². The van der Waals surface area contributed by atoms with Gasteiger partial charge in [-0.25, -0.2) is 18.9 Å². The number of amides is 1. The normalized spacial score (nSPS) is 14.3. The number of hydrogen-bond donors (Lipinski definition) is 1. The molecule has 1 N–H and O–H groups in total. The van der Waals surface area contributed by atoms with Gasteiger partial charge in [0.2, 0.25) is 5.91 Å². The first kappa shape index (κ1) is 19.5. The summed E-state index contributed by atoms with van der Waals surface area (Å²) >= 11 is 1.48. The summed E-state index contributed by atoms with van der Waals surface area (Å²) in [5.41, 5.74) is 1.19. The molecule has 0 aliphatic carbocycles. The number of anilines is 2.